The Kier molecular flexibility index (Phi) is 5.71. The van der Waals surface area contributed by atoms with E-state index in [9.17, 15) is 24.6 Å². The van der Waals surface area contributed by atoms with E-state index in [1.807, 2.05) is 20.8 Å². The predicted octanol–water partition coefficient (Wildman–Crippen LogP) is 3.28. The minimum atomic E-state index is -1.06. The maximum Gasteiger partial charge on any atom is 0.344 e. The number of phenols is 1. The number of carbonyl (C=O) groups is 3. The average molecular weight is 461 g/mol. The van der Waals surface area contributed by atoms with E-state index in [4.69, 9.17) is 14.2 Å². The minimum Gasteiger partial charge on any atom is -0.508 e. The van der Waals surface area contributed by atoms with E-state index < -0.39 is 40.8 Å². The van der Waals surface area contributed by atoms with Crippen LogP contribution < -0.4 is 0 Å². The molecule has 1 aromatic rings. The summed E-state index contributed by atoms with van der Waals surface area (Å²) in [7, 11) is 0. The summed E-state index contributed by atoms with van der Waals surface area (Å²) < 4.78 is 16.9. The molecule has 0 saturated heterocycles. The highest BCUT2D eigenvalue weighted by molar-refractivity contribution is 5.91. The van der Waals surface area contributed by atoms with E-state index in [1.54, 1.807) is 0 Å². The van der Waals surface area contributed by atoms with Gasteiger partial charge in [0.05, 0.1) is 16.6 Å². The maximum absolute atomic E-state index is 12.9. The molecule has 4 bridgehead atoms. The molecule has 0 aliphatic heterocycles. The lowest BCUT2D eigenvalue weighted by Crippen LogP contribution is -2.68. The number of hydrogen-bond donors (Lipinski definition) is 2. The Bertz CT molecular complexity index is 971. The van der Waals surface area contributed by atoms with E-state index in [0.29, 0.717) is 38.5 Å². The number of hydrogen-bond acceptors (Lipinski definition) is 8. The number of esters is 3. The zero-order valence-corrected chi connectivity index (χ0v) is 19.4. The van der Waals surface area contributed by atoms with Crippen molar-refractivity contribution in [3.8, 4) is 5.75 Å². The van der Waals surface area contributed by atoms with Crippen LogP contribution in [0, 0.1) is 11.3 Å². The van der Waals surface area contributed by atoms with Crippen LogP contribution in [0.3, 0.4) is 0 Å². The molecule has 180 valence electrons. The second-order valence-electron chi connectivity index (χ2n) is 10.8. The summed E-state index contributed by atoms with van der Waals surface area (Å²) >= 11 is 0. The number of carbonyl (C=O) groups excluding carboxylic acids is 3. The van der Waals surface area contributed by atoms with Gasteiger partial charge < -0.3 is 24.4 Å². The van der Waals surface area contributed by atoms with E-state index in [-0.39, 0.29) is 29.6 Å². The van der Waals surface area contributed by atoms with Gasteiger partial charge in [0, 0.05) is 19.3 Å². The number of rotatable bonds is 7. The molecule has 0 heterocycles. The van der Waals surface area contributed by atoms with Crippen molar-refractivity contribution in [2.75, 3.05) is 6.61 Å². The average Bonchev–Trinajstić information content (AvgIpc) is 2.69. The molecule has 4 fully saturated rings. The molecule has 4 atom stereocenters. The largest absolute Gasteiger partial charge is 0.508 e. The molecule has 2 N–H and O–H groups in total. The lowest BCUT2D eigenvalue weighted by Gasteiger charge is -2.63. The molecule has 0 amide bonds. The number of phenolic OH excluding ortho intramolecular Hbond substituents is 1. The van der Waals surface area contributed by atoms with Gasteiger partial charge in [0.2, 0.25) is 0 Å². The molecule has 4 saturated carbocycles. The Balaban J connectivity index is 1.44. The lowest BCUT2D eigenvalue weighted by molar-refractivity contribution is -0.270. The summed E-state index contributed by atoms with van der Waals surface area (Å²) in [6.45, 7) is 5.01. The van der Waals surface area contributed by atoms with Crippen molar-refractivity contribution in [3.05, 3.63) is 29.8 Å². The third-order valence-electron chi connectivity index (χ3n) is 7.42. The fourth-order valence-electron chi connectivity index (χ4n) is 6.03. The first-order valence-corrected chi connectivity index (χ1v) is 11.5. The minimum absolute atomic E-state index is 0.0754. The van der Waals surface area contributed by atoms with Crippen LogP contribution in [0.4, 0.5) is 0 Å². The summed E-state index contributed by atoms with van der Waals surface area (Å²) in [5.74, 6) is -1.79. The number of aromatic hydroxyl groups is 1. The molecular formula is C25H32O8. The summed E-state index contributed by atoms with van der Waals surface area (Å²) in [6.07, 6.45) is 3.39. The highest BCUT2D eigenvalue weighted by atomic mass is 16.6. The molecular weight excluding hydrogens is 428 g/mol. The van der Waals surface area contributed by atoms with Gasteiger partial charge in [-0.25, -0.2) is 9.59 Å². The first kappa shape index (κ1) is 23.5. The Morgan fingerprint density at radius 3 is 2.33 bits per heavy atom. The molecule has 4 unspecified atom stereocenters. The molecule has 4 aliphatic rings. The highest BCUT2D eigenvalue weighted by Gasteiger charge is 2.66. The Morgan fingerprint density at radius 1 is 1.06 bits per heavy atom. The van der Waals surface area contributed by atoms with Gasteiger partial charge >= 0.3 is 17.9 Å². The van der Waals surface area contributed by atoms with Crippen LogP contribution in [0.2, 0.25) is 0 Å². The van der Waals surface area contributed by atoms with E-state index in [2.05, 4.69) is 0 Å². The first-order valence-electron chi connectivity index (χ1n) is 11.5. The zero-order valence-electron chi connectivity index (χ0n) is 19.4. The van der Waals surface area contributed by atoms with Crippen LogP contribution in [-0.2, 0) is 23.8 Å². The van der Waals surface area contributed by atoms with Crippen LogP contribution in [0.1, 0.15) is 76.1 Å². The summed E-state index contributed by atoms with van der Waals surface area (Å²) in [5, 5.41) is 20.7. The number of benzene rings is 1. The second-order valence-corrected chi connectivity index (χ2v) is 10.8. The molecule has 1 aromatic carbocycles. The lowest BCUT2D eigenvalue weighted by atomic mass is 9.50. The van der Waals surface area contributed by atoms with E-state index in [0.717, 1.165) is 0 Å². The SMILES string of the molecule is CCC(C)(C)C(=O)OC12CC3CC(O)(CC(OC(=O)COC(=O)c4cccc(O)c4)(C3)C1)C2. The van der Waals surface area contributed by atoms with Crippen molar-refractivity contribution in [1.29, 1.82) is 0 Å². The third kappa shape index (κ3) is 4.71. The van der Waals surface area contributed by atoms with Crippen molar-refractivity contribution >= 4 is 17.9 Å². The topological polar surface area (TPSA) is 119 Å². The van der Waals surface area contributed by atoms with Crippen molar-refractivity contribution in [1.82, 2.24) is 0 Å². The molecule has 5 rings (SSSR count). The Morgan fingerprint density at radius 2 is 1.73 bits per heavy atom. The van der Waals surface area contributed by atoms with Gasteiger partial charge in [-0.1, -0.05) is 13.0 Å². The summed E-state index contributed by atoms with van der Waals surface area (Å²) in [6, 6.07) is 5.64. The van der Waals surface area contributed by atoms with Crippen LogP contribution in [0.5, 0.6) is 5.75 Å². The second kappa shape index (κ2) is 8.01. The monoisotopic (exact) mass is 460 g/mol. The van der Waals surface area contributed by atoms with Gasteiger partial charge in [0.25, 0.3) is 0 Å². The standard InChI is InChI=1S/C25H32O8/c1-4-22(2,3)21(29)33-25-11-16-9-23(30,14-25)13-24(10-16,15-25)32-19(27)12-31-20(28)17-6-5-7-18(26)8-17/h5-8,16,26,30H,4,9-15H2,1-3H3. The molecule has 33 heavy (non-hydrogen) atoms. The van der Waals surface area contributed by atoms with Crippen molar-refractivity contribution in [2.45, 2.75) is 82.5 Å². The van der Waals surface area contributed by atoms with Gasteiger partial charge in [-0.2, -0.15) is 0 Å². The summed E-state index contributed by atoms with van der Waals surface area (Å²) in [4.78, 5) is 37.7. The number of aliphatic hydroxyl groups is 1. The molecule has 0 radical (unpaired) electrons. The van der Waals surface area contributed by atoms with Gasteiger partial charge in [-0.05, 0) is 63.6 Å². The van der Waals surface area contributed by atoms with Gasteiger partial charge in [-0.15, -0.1) is 0 Å². The van der Waals surface area contributed by atoms with Crippen LogP contribution in [0.15, 0.2) is 24.3 Å². The Labute approximate surface area is 193 Å². The zero-order chi connectivity index (χ0) is 24.1. The van der Waals surface area contributed by atoms with Crippen LogP contribution in [0.25, 0.3) is 0 Å². The van der Waals surface area contributed by atoms with Crippen molar-refractivity contribution in [3.63, 3.8) is 0 Å². The van der Waals surface area contributed by atoms with Crippen LogP contribution in [-0.4, -0.2) is 51.5 Å². The molecule has 0 aromatic heterocycles. The Hall–Kier alpha value is -2.61. The van der Waals surface area contributed by atoms with Crippen LogP contribution >= 0.6 is 0 Å². The fraction of sp³-hybridized carbons (Fsp3) is 0.640. The first-order chi connectivity index (χ1) is 15.4. The van der Waals surface area contributed by atoms with Gasteiger partial charge in [0.1, 0.15) is 17.0 Å². The van der Waals surface area contributed by atoms with Gasteiger partial charge in [0.15, 0.2) is 6.61 Å². The molecule has 4 aliphatic carbocycles. The van der Waals surface area contributed by atoms with Crippen molar-refractivity contribution < 1.29 is 38.8 Å². The fourth-order valence-corrected chi connectivity index (χ4v) is 6.03. The third-order valence-corrected chi connectivity index (χ3v) is 7.42. The van der Waals surface area contributed by atoms with Gasteiger partial charge in [-0.3, -0.25) is 4.79 Å². The highest BCUT2D eigenvalue weighted by Crippen LogP contribution is 2.62. The predicted molar refractivity (Wildman–Crippen MR) is 116 cm³/mol. The smallest absolute Gasteiger partial charge is 0.344 e. The molecule has 0 spiro atoms. The van der Waals surface area contributed by atoms with E-state index in [1.165, 1.54) is 24.3 Å². The maximum atomic E-state index is 12.9. The molecule has 8 nitrogen and oxygen atoms in total. The summed E-state index contributed by atoms with van der Waals surface area (Å²) in [5.41, 5.74) is -3.41. The number of ether oxygens (including phenoxy) is 3. The van der Waals surface area contributed by atoms with E-state index >= 15 is 0 Å². The quantitative estimate of drug-likeness (QED) is 0.470. The normalized spacial score (nSPS) is 32.3. The van der Waals surface area contributed by atoms with Crippen molar-refractivity contribution in [2.24, 2.45) is 11.3 Å². The molecule has 8 heteroatoms.